The van der Waals surface area contributed by atoms with Crippen molar-refractivity contribution < 1.29 is 36.1 Å². The predicted octanol–water partition coefficient (Wildman–Crippen LogP) is 10.2. The number of hydrogen-bond acceptors (Lipinski definition) is 12. The van der Waals surface area contributed by atoms with Gasteiger partial charge >= 0.3 is 17.6 Å². The highest BCUT2D eigenvalue weighted by Gasteiger charge is 2.70. The lowest BCUT2D eigenvalue weighted by Gasteiger charge is -2.67. The Bertz CT molecular complexity index is 1170. The molecule has 4 aliphatic rings. The number of carbonyl (C=O) groups excluding carboxylic acids is 2. The summed E-state index contributed by atoms with van der Waals surface area (Å²) in [5.41, 5.74) is -0.906. The molecular weight excluding hydrogens is 833 g/mol. The summed E-state index contributed by atoms with van der Waals surface area (Å²) in [6.07, 6.45) is 12.3. The van der Waals surface area contributed by atoms with Gasteiger partial charge in [0.2, 0.25) is 11.8 Å². The molecule has 2 N–H and O–H groups in total. The normalized spacial score (nSPS) is 32.7. The van der Waals surface area contributed by atoms with Gasteiger partial charge in [0.15, 0.2) is 0 Å². The van der Waals surface area contributed by atoms with Crippen LogP contribution in [0.3, 0.4) is 0 Å². The fourth-order valence-electron chi connectivity index (χ4n) is 8.57. The molecule has 2 amide bonds. The SMILES string of the molecule is CC(C)[C@]1(C)O[Si]2(CCCNC(=O)CCCCC3CCSS3)OC(C)([C@@H](C)[C@@](C)(C(C)C)O2)[C@@H]1C.CO[Si](CCCNC(=O)CCCCC1CCSS1)(OC)OC. The van der Waals surface area contributed by atoms with Crippen LogP contribution in [0.2, 0.25) is 12.1 Å². The van der Waals surface area contributed by atoms with Crippen LogP contribution >= 0.6 is 43.2 Å². The van der Waals surface area contributed by atoms with E-state index in [4.69, 9.17) is 26.6 Å². The zero-order valence-electron chi connectivity index (χ0n) is 37.6. The maximum Gasteiger partial charge on any atom is 0.502 e. The van der Waals surface area contributed by atoms with Gasteiger partial charge in [-0.25, -0.2) is 0 Å². The van der Waals surface area contributed by atoms with Gasteiger partial charge in [0.1, 0.15) is 0 Å². The Morgan fingerprint density at radius 1 is 0.702 bits per heavy atom. The van der Waals surface area contributed by atoms with Crippen LogP contribution in [0.4, 0.5) is 0 Å². The summed E-state index contributed by atoms with van der Waals surface area (Å²) < 4.78 is 36.9. The summed E-state index contributed by atoms with van der Waals surface area (Å²) in [5.74, 6) is 4.07. The molecule has 4 rings (SSSR count). The molecule has 0 aromatic heterocycles. The smallest absolute Gasteiger partial charge is 0.377 e. The van der Waals surface area contributed by atoms with Gasteiger partial charge < -0.3 is 37.2 Å². The molecule has 8 atom stereocenters. The Balaban J connectivity index is 0.000000341. The molecule has 4 unspecified atom stereocenters. The number of unbranched alkanes of at least 4 members (excludes halogenated alkanes) is 2. The molecule has 4 saturated heterocycles. The van der Waals surface area contributed by atoms with Crippen molar-refractivity contribution in [1.82, 2.24) is 10.6 Å². The summed E-state index contributed by atoms with van der Waals surface area (Å²) >= 11 is 0. The van der Waals surface area contributed by atoms with E-state index in [-0.39, 0.29) is 40.5 Å². The minimum Gasteiger partial charge on any atom is -0.377 e. The highest BCUT2D eigenvalue weighted by Crippen LogP contribution is 2.58. The maximum absolute atomic E-state index is 12.4. The molecule has 4 heterocycles. The molecular formula is C41H80N2O8S4Si2. The first-order valence-corrected chi connectivity index (χ1v) is 30.4. The zero-order valence-corrected chi connectivity index (χ0v) is 42.9. The van der Waals surface area contributed by atoms with Gasteiger partial charge in [0.25, 0.3) is 0 Å². The Labute approximate surface area is 365 Å². The summed E-state index contributed by atoms with van der Waals surface area (Å²) in [6.45, 7) is 21.7. The van der Waals surface area contributed by atoms with Crippen molar-refractivity contribution >= 4 is 72.6 Å². The van der Waals surface area contributed by atoms with Crippen LogP contribution in [0.5, 0.6) is 0 Å². The molecule has 4 fully saturated rings. The van der Waals surface area contributed by atoms with Gasteiger partial charge in [0, 0.05) is 93.2 Å². The van der Waals surface area contributed by atoms with E-state index in [1.807, 2.05) is 43.2 Å². The molecule has 16 heteroatoms. The largest absolute Gasteiger partial charge is 0.502 e. The van der Waals surface area contributed by atoms with Crippen LogP contribution in [0.15, 0.2) is 0 Å². The van der Waals surface area contributed by atoms with Crippen LogP contribution in [-0.4, -0.2) is 103 Å². The molecule has 0 aromatic rings. The second-order valence-corrected chi connectivity index (χ2v) is 28.8. The van der Waals surface area contributed by atoms with Gasteiger partial charge in [0.05, 0.1) is 16.8 Å². The molecule has 0 radical (unpaired) electrons. The van der Waals surface area contributed by atoms with E-state index in [1.165, 1.54) is 37.2 Å². The van der Waals surface area contributed by atoms with Crippen molar-refractivity contribution in [1.29, 1.82) is 0 Å². The lowest BCUT2D eigenvalue weighted by molar-refractivity contribution is -0.287. The Morgan fingerprint density at radius 2 is 1.14 bits per heavy atom. The van der Waals surface area contributed by atoms with Crippen molar-refractivity contribution in [3.8, 4) is 0 Å². The minimum absolute atomic E-state index is 0.146. The quantitative estimate of drug-likeness (QED) is 0.0578. The third-order valence-corrected chi connectivity index (χ3v) is 25.6. The van der Waals surface area contributed by atoms with E-state index in [0.717, 1.165) is 55.1 Å². The lowest BCUT2D eigenvalue weighted by atomic mass is 9.63. The predicted molar refractivity (Wildman–Crippen MR) is 248 cm³/mol. The highest BCUT2D eigenvalue weighted by molar-refractivity contribution is 8.77. The number of nitrogens with one attached hydrogen (secondary N) is 2. The Kier molecular flexibility index (Phi) is 22.2. The monoisotopic (exact) mass is 912 g/mol. The zero-order chi connectivity index (χ0) is 42.3. The van der Waals surface area contributed by atoms with Crippen LogP contribution in [-0.2, 0) is 36.1 Å². The average molecular weight is 914 g/mol. The fourth-order valence-corrected chi connectivity index (χ4v) is 20.6. The minimum atomic E-state index is -2.96. The highest BCUT2D eigenvalue weighted by atomic mass is 33.1. The van der Waals surface area contributed by atoms with Crippen molar-refractivity contribution in [3.05, 3.63) is 0 Å². The summed E-state index contributed by atoms with van der Waals surface area (Å²) in [5, 5.41) is 7.71. The van der Waals surface area contributed by atoms with Crippen LogP contribution in [0.1, 0.15) is 139 Å². The molecule has 2 bridgehead atoms. The second kappa shape index (κ2) is 24.4. The van der Waals surface area contributed by atoms with Crippen molar-refractivity contribution in [2.45, 2.75) is 179 Å². The van der Waals surface area contributed by atoms with Crippen LogP contribution in [0, 0.1) is 23.7 Å². The molecule has 0 aromatic carbocycles. The Morgan fingerprint density at radius 3 is 1.53 bits per heavy atom. The van der Waals surface area contributed by atoms with E-state index in [9.17, 15) is 9.59 Å². The first-order valence-electron chi connectivity index (χ1n) is 21.8. The number of fused-ring (bicyclic) bond motifs is 2. The average Bonchev–Trinajstić information content (AvgIpc) is 3.91. The van der Waals surface area contributed by atoms with E-state index in [2.05, 4.69) is 72.9 Å². The van der Waals surface area contributed by atoms with E-state index >= 15 is 0 Å². The van der Waals surface area contributed by atoms with Crippen molar-refractivity contribution in [2.24, 2.45) is 23.7 Å². The van der Waals surface area contributed by atoms with Crippen LogP contribution < -0.4 is 10.6 Å². The second-order valence-electron chi connectivity index (χ2n) is 17.6. The summed E-state index contributed by atoms with van der Waals surface area (Å²) in [7, 11) is 7.38. The molecule has 0 aliphatic carbocycles. The third kappa shape index (κ3) is 14.5. The maximum atomic E-state index is 12.4. The molecule has 334 valence electrons. The molecule has 0 spiro atoms. The standard InChI is InChI=1S/C27H51NO4S2Si.C14H29NO4S2Si/c1-19(2)25(7)21(5)27(9)22(6)26(8,20(3)4)31-35(30-25,32-27)18-12-16-28-24(29)14-11-10-13-23-15-17-33-34-23;1-17-22(18-2,19-3)12-6-10-15-14(16)8-5-4-7-13-9-11-20-21-13/h19-23H,10-18H2,1-9H3,(H,28,29);13H,4-12H2,1-3H3,(H,15,16)/t21-,22+,23?,25+,26-,27?,35?;. The first-order chi connectivity index (χ1) is 26.9. The Hall–Kier alpha value is 0.534. The number of carbonyl (C=O) groups is 2. The van der Waals surface area contributed by atoms with E-state index in [1.54, 1.807) is 21.3 Å². The third-order valence-electron chi connectivity index (χ3n) is 13.6. The van der Waals surface area contributed by atoms with Crippen molar-refractivity contribution in [3.63, 3.8) is 0 Å². The topological polar surface area (TPSA) is 114 Å². The van der Waals surface area contributed by atoms with Gasteiger partial charge in [-0.3, -0.25) is 9.59 Å². The van der Waals surface area contributed by atoms with E-state index in [0.29, 0.717) is 43.8 Å². The summed E-state index contributed by atoms with van der Waals surface area (Å²) in [6, 6.07) is 1.46. The summed E-state index contributed by atoms with van der Waals surface area (Å²) in [4.78, 5) is 24.2. The fraction of sp³-hybridized carbons (Fsp3) is 0.951. The lowest BCUT2D eigenvalue weighted by Crippen LogP contribution is -2.78. The number of rotatable bonds is 23. The first kappa shape index (κ1) is 51.9. The molecule has 10 nitrogen and oxygen atoms in total. The van der Waals surface area contributed by atoms with Gasteiger partial charge in [-0.05, 0) is 84.0 Å². The molecule has 4 aliphatic heterocycles. The molecule has 57 heavy (non-hydrogen) atoms. The van der Waals surface area contributed by atoms with Gasteiger partial charge in [-0.2, -0.15) is 0 Å². The van der Waals surface area contributed by atoms with Crippen LogP contribution in [0.25, 0.3) is 0 Å². The van der Waals surface area contributed by atoms with Gasteiger partial charge in [-0.15, -0.1) is 0 Å². The number of hydrogen-bond donors (Lipinski definition) is 2. The van der Waals surface area contributed by atoms with Crippen molar-refractivity contribution in [2.75, 3.05) is 45.9 Å². The molecule has 0 saturated carbocycles. The number of amides is 2. The van der Waals surface area contributed by atoms with Gasteiger partial charge in [-0.1, -0.05) is 97.6 Å². The van der Waals surface area contributed by atoms with E-state index < -0.39 is 17.6 Å².